The Balaban J connectivity index is 1.23. The third kappa shape index (κ3) is 6.52. The molecule has 7 rings (SSSR count). The van der Waals surface area contributed by atoms with Crippen LogP contribution in [-0.2, 0) is 28.5 Å². The second-order valence-corrected chi connectivity index (χ2v) is 13.2. The van der Waals surface area contributed by atoms with Crippen LogP contribution < -0.4 is 11.1 Å². The number of carbonyl (C=O) groups excluding carboxylic acids is 2. The van der Waals surface area contributed by atoms with Crippen molar-refractivity contribution in [1.29, 1.82) is 0 Å². The number of amides is 2. The number of ether oxygens (including phenoxy) is 1. The number of aryl methyl sites for hydroxylation is 2. The third-order valence-corrected chi connectivity index (χ3v) is 9.48. The smallest absolute Gasteiger partial charge is 0.382 e. The van der Waals surface area contributed by atoms with Crippen LogP contribution in [0.3, 0.4) is 0 Å². The summed E-state index contributed by atoms with van der Waals surface area (Å²) in [5.41, 5.74) is 9.39. The molecule has 1 atom stereocenters. The zero-order chi connectivity index (χ0) is 35.0. The van der Waals surface area contributed by atoms with Crippen LogP contribution in [0.15, 0.2) is 79.1 Å². The summed E-state index contributed by atoms with van der Waals surface area (Å²) < 4.78 is 47.0. The van der Waals surface area contributed by atoms with Gasteiger partial charge in [0.15, 0.2) is 0 Å². The molecule has 5 aromatic rings. The molecule has 2 aliphatic heterocycles. The van der Waals surface area contributed by atoms with E-state index in [1.807, 2.05) is 30.0 Å². The topological polar surface area (TPSA) is 128 Å². The fraction of sp³-hybridized carbons (Fsp3) is 0.324. The van der Waals surface area contributed by atoms with Crippen molar-refractivity contribution in [2.24, 2.45) is 5.41 Å². The number of benzene rings is 2. The third-order valence-electron chi connectivity index (χ3n) is 9.48. The predicted molar refractivity (Wildman–Crippen MR) is 181 cm³/mol. The zero-order valence-electron chi connectivity index (χ0n) is 27.4. The molecule has 13 heteroatoms. The summed E-state index contributed by atoms with van der Waals surface area (Å²) in [6.45, 7) is 3.96. The summed E-state index contributed by atoms with van der Waals surface area (Å²) >= 11 is 0. The number of likely N-dealkylation sites (tertiary alicyclic amines) is 1. The average Bonchev–Trinajstić information content (AvgIpc) is 3.52. The Morgan fingerprint density at radius 2 is 1.80 bits per heavy atom. The molecule has 0 saturated carbocycles. The average molecular weight is 684 g/mol. The Bertz CT molecular complexity index is 2040. The number of piperidine rings is 1. The first-order valence-electron chi connectivity index (χ1n) is 16.5. The normalized spacial score (nSPS) is 17.4. The maximum Gasteiger partial charge on any atom is 0.416 e. The SMILES string of the molecule is CC1(C(=O)N2CCC[C@@H](c3nc(-c4ccc(C(=O)Nc5cc(C(F)(F)F)ccn5)cc4)c4c(N)ncc(CCc5ccccc5)n34)C2)COC1. The molecule has 2 aromatic carbocycles. The molecule has 2 fully saturated rings. The van der Waals surface area contributed by atoms with Gasteiger partial charge in [0.1, 0.15) is 28.7 Å². The second-order valence-electron chi connectivity index (χ2n) is 13.2. The largest absolute Gasteiger partial charge is 0.416 e. The number of rotatable bonds is 8. The van der Waals surface area contributed by atoms with Gasteiger partial charge in [-0.3, -0.25) is 14.0 Å². The van der Waals surface area contributed by atoms with Crippen molar-refractivity contribution < 1.29 is 27.5 Å². The number of fused-ring (bicyclic) bond motifs is 1. The molecule has 2 aliphatic rings. The molecule has 3 aromatic heterocycles. The first kappa shape index (κ1) is 33.2. The van der Waals surface area contributed by atoms with Crippen LogP contribution in [0, 0.1) is 5.41 Å². The van der Waals surface area contributed by atoms with Gasteiger partial charge in [0.2, 0.25) is 5.91 Å². The van der Waals surface area contributed by atoms with Crippen LogP contribution in [-0.4, -0.2) is 62.4 Å². The van der Waals surface area contributed by atoms with Gasteiger partial charge in [0.05, 0.1) is 24.2 Å². The number of imidazole rings is 1. The van der Waals surface area contributed by atoms with Crippen LogP contribution in [0.25, 0.3) is 16.8 Å². The molecular weight excluding hydrogens is 647 g/mol. The van der Waals surface area contributed by atoms with Gasteiger partial charge in [-0.25, -0.2) is 15.0 Å². The Labute approximate surface area is 286 Å². The van der Waals surface area contributed by atoms with Gasteiger partial charge in [-0.15, -0.1) is 0 Å². The number of alkyl halides is 3. The lowest BCUT2D eigenvalue weighted by molar-refractivity contribution is -0.170. The quantitative estimate of drug-likeness (QED) is 0.200. The van der Waals surface area contributed by atoms with Crippen molar-refractivity contribution in [2.45, 2.75) is 44.7 Å². The summed E-state index contributed by atoms with van der Waals surface area (Å²) in [6.07, 6.45) is 1.31. The molecule has 0 radical (unpaired) electrons. The number of nitrogens with zero attached hydrogens (tertiary/aromatic N) is 5. The van der Waals surface area contributed by atoms with Crippen molar-refractivity contribution in [3.63, 3.8) is 0 Å². The van der Waals surface area contributed by atoms with E-state index in [-0.39, 0.29) is 23.2 Å². The molecule has 0 bridgehead atoms. The highest BCUT2D eigenvalue weighted by Crippen LogP contribution is 2.37. The van der Waals surface area contributed by atoms with Gasteiger partial charge < -0.3 is 20.7 Å². The van der Waals surface area contributed by atoms with Crippen molar-refractivity contribution >= 4 is 29.0 Å². The first-order valence-corrected chi connectivity index (χ1v) is 16.5. The number of nitrogens with one attached hydrogen (secondary N) is 1. The number of pyridine rings is 1. The highest BCUT2D eigenvalue weighted by atomic mass is 19.4. The molecule has 2 saturated heterocycles. The lowest BCUT2D eigenvalue weighted by Crippen LogP contribution is -2.55. The number of halogens is 3. The van der Waals surface area contributed by atoms with Crippen molar-refractivity contribution in [3.8, 4) is 11.3 Å². The van der Waals surface area contributed by atoms with Crippen LogP contribution in [0.4, 0.5) is 24.8 Å². The molecule has 10 nitrogen and oxygen atoms in total. The molecular formula is C37H36F3N7O3. The number of anilines is 2. The lowest BCUT2D eigenvalue weighted by Gasteiger charge is -2.42. The lowest BCUT2D eigenvalue weighted by atomic mass is 9.85. The van der Waals surface area contributed by atoms with Gasteiger partial charge >= 0.3 is 6.18 Å². The van der Waals surface area contributed by atoms with Crippen LogP contribution in [0.1, 0.15) is 58.7 Å². The Morgan fingerprint density at radius 3 is 2.50 bits per heavy atom. The number of aromatic nitrogens is 4. The number of nitrogen functional groups attached to an aromatic ring is 1. The van der Waals surface area contributed by atoms with E-state index < -0.39 is 23.1 Å². The molecule has 50 heavy (non-hydrogen) atoms. The van der Waals surface area contributed by atoms with Gasteiger partial charge in [0, 0.05) is 48.2 Å². The van der Waals surface area contributed by atoms with E-state index in [9.17, 15) is 22.8 Å². The van der Waals surface area contributed by atoms with Crippen LogP contribution >= 0.6 is 0 Å². The molecule has 0 unspecified atom stereocenters. The van der Waals surface area contributed by atoms with Crippen molar-refractivity contribution in [1.82, 2.24) is 24.3 Å². The molecule has 0 spiro atoms. The fourth-order valence-electron chi connectivity index (χ4n) is 6.73. The predicted octanol–water partition coefficient (Wildman–Crippen LogP) is 6.17. The van der Waals surface area contributed by atoms with E-state index in [4.69, 9.17) is 15.5 Å². The summed E-state index contributed by atoms with van der Waals surface area (Å²) in [5.74, 6) is 0.287. The Hall–Kier alpha value is -5.30. The number of hydrogen-bond acceptors (Lipinski definition) is 7. The van der Waals surface area contributed by atoms with Gasteiger partial charge in [0.25, 0.3) is 5.91 Å². The monoisotopic (exact) mass is 683 g/mol. The molecule has 0 aliphatic carbocycles. The van der Waals surface area contributed by atoms with E-state index in [1.54, 1.807) is 30.5 Å². The molecule has 2 amide bonds. The van der Waals surface area contributed by atoms with Gasteiger partial charge in [-0.05, 0) is 62.4 Å². The van der Waals surface area contributed by atoms with Gasteiger partial charge in [-0.2, -0.15) is 13.2 Å². The summed E-state index contributed by atoms with van der Waals surface area (Å²) in [6, 6.07) is 18.4. The zero-order valence-corrected chi connectivity index (χ0v) is 27.4. The van der Waals surface area contributed by atoms with Crippen molar-refractivity contribution in [3.05, 3.63) is 107 Å². The standard InChI is InChI=1S/C37H36F3N7O3/c1-36(21-50-22-36)35(49)46-17-5-8-26(20-46)33-45-30(31-32(41)43-19-28(47(31)33)14-9-23-6-3-2-4-7-23)24-10-12-25(13-11-24)34(48)44-29-18-27(15-16-42-29)37(38,39)40/h2-4,6-7,10-13,15-16,18-19,26H,5,8-9,14,17,20-22H2,1H3,(H2,41,43)(H,42,44,48)/t26-/m1/s1. The maximum absolute atomic E-state index is 13.5. The summed E-state index contributed by atoms with van der Waals surface area (Å²) in [4.78, 5) is 42.0. The fourth-order valence-corrected chi connectivity index (χ4v) is 6.73. The minimum Gasteiger partial charge on any atom is -0.382 e. The van der Waals surface area contributed by atoms with E-state index in [0.717, 1.165) is 49.1 Å². The minimum atomic E-state index is -4.57. The number of carbonyl (C=O) groups is 2. The van der Waals surface area contributed by atoms with E-state index in [0.29, 0.717) is 55.3 Å². The summed E-state index contributed by atoms with van der Waals surface area (Å²) in [7, 11) is 0. The highest BCUT2D eigenvalue weighted by Gasteiger charge is 2.45. The Morgan fingerprint density at radius 1 is 1.04 bits per heavy atom. The number of nitrogens with two attached hydrogens (primary N) is 1. The molecule has 258 valence electrons. The van der Waals surface area contributed by atoms with Crippen LogP contribution in [0.5, 0.6) is 0 Å². The van der Waals surface area contributed by atoms with E-state index in [1.165, 1.54) is 5.56 Å². The molecule has 3 N–H and O–H groups in total. The van der Waals surface area contributed by atoms with E-state index in [2.05, 4.69) is 31.8 Å². The second kappa shape index (κ2) is 13.2. The Kier molecular flexibility index (Phi) is 8.77. The van der Waals surface area contributed by atoms with Gasteiger partial charge in [-0.1, -0.05) is 42.5 Å². The van der Waals surface area contributed by atoms with Crippen molar-refractivity contribution in [2.75, 3.05) is 37.4 Å². The maximum atomic E-state index is 13.5. The van der Waals surface area contributed by atoms with E-state index >= 15 is 0 Å². The highest BCUT2D eigenvalue weighted by molar-refractivity contribution is 6.04. The minimum absolute atomic E-state index is 0.0687. The summed E-state index contributed by atoms with van der Waals surface area (Å²) in [5, 5.41) is 2.44. The van der Waals surface area contributed by atoms with Crippen LogP contribution in [0.2, 0.25) is 0 Å². The first-order chi connectivity index (χ1) is 24.0. The molecule has 5 heterocycles. The number of hydrogen-bond donors (Lipinski definition) is 2.